The number of nitrogens with two attached hydrogens (primary N) is 1. The monoisotopic (exact) mass is 329 g/mol. The Kier molecular flexibility index (Phi) is 5.49. The van der Waals surface area contributed by atoms with Crippen molar-refractivity contribution in [1.82, 2.24) is 5.32 Å². The minimum atomic E-state index is -0.698. The summed E-state index contributed by atoms with van der Waals surface area (Å²) in [7, 11) is 0. The van der Waals surface area contributed by atoms with E-state index in [4.69, 9.17) is 5.73 Å². The Labute approximate surface area is 139 Å². The van der Waals surface area contributed by atoms with E-state index in [1.807, 2.05) is 18.2 Å². The molecular weight excluding hydrogens is 310 g/mol. The quantitative estimate of drug-likeness (QED) is 0.427. The van der Waals surface area contributed by atoms with Crippen LogP contribution >= 0.6 is 0 Å². The fourth-order valence-corrected chi connectivity index (χ4v) is 2.38. The first kappa shape index (κ1) is 17.4. The number of hydrogen-bond acceptors (Lipinski definition) is 5. The van der Waals surface area contributed by atoms with Gasteiger partial charge in [0, 0.05) is 12.6 Å². The molecule has 2 aromatic carbocycles. The van der Waals surface area contributed by atoms with Crippen molar-refractivity contribution in [2.24, 2.45) is 0 Å². The second kappa shape index (κ2) is 7.56. The van der Waals surface area contributed by atoms with E-state index in [0.29, 0.717) is 12.0 Å². The largest absolute Gasteiger partial charge is 0.393 e. The molecule has 2 rings (SSSR count). The Balaban J connectivity index is 2.02. The highest BCUT2D eigenvalue weighted by Gasteiger charge is 2.20. The van der Waals surface area contributed by atoms with Gasteiger partial charge < -0.3 is 16.2 Å². The van der Waals surface area contributed by atoms with Crippen molar-refractivity contribution in [3.8, 4) is 0 Å². The Hall–Kier alpha value is -2.93. The molecule has 0 heterocycles. The number of rotatable bonds is 6. The summed E-state index contributed by atoms with van der Waals surface area (Å²) in [5.74, 6) is -0.500. The molecule has 0 fully saturated rings. The number of nitro groups is 1. The number of nitrogen functional groups attached to an aromatic ring is 1. The number of aliphatic hydroxyl groups excluding tert-OH is 1. The van der Waals surface area contributed by atoms with Gasteiger partial charge in [-0.1, -0.05) is 30.3 Å². The topological polar surface area (TPSA) is 118 Å². The fourth-order valence-electron chi connectivity index (χ4n) is 2.38. The first-order valence-electron chi connectivity index (χ1n) is 7.46. The first-order valence-corrected chi connectivity index (χ1v) is 7.46. The lowest BCUT2D eigenvalue weighted by Crippen LogP contribution is -2.26. The van der Waals surface area contributed by atoms with Crippen LogP contribution in [0.3, 0.4) is 0 Å². The predicted molar refractivity (Wildman–Crippen MR) is 90.6 cm³/mol. The molecule has 1 amide bonds. The number of aryl methyl sites for hydroxylation is 1. The second-order valence-corrected chi connectivity index (χ2v) is 5.47. The van der Waals surface area contributed by atoms with Crippen LogP contribution in [-0.2, 0) is 0 Å². The Bertz CT molecular complexity index is 747. The van der Waals surface area contributed by atoms with E-state index >= 15 is 0 Å². The molecule has 0 aliphatic heterocycles. The van der Waals surface area contributed by atoms with E-state index in [2.05, 4.69) is 5.32 Å². The summed E-state index contributed by atoms with van der Waals surface area (Å²) in [4.78, 5) is 22.6. The van der Waals surface area contributed by atoms with Crippen molar-refractivity contribution < 1.29 is 14.8 Å². The molecule has 0 aliphatic rings. The highest BCUT2D eigenvalue weighted by molar-refractivity contribution is 6.01. The lowest BCUT2D eigenvalue weighted by Gasteiger charge is -2.12. The molecular formula is C17H19N3O4. The molecule has 0 bridgehead atoms. The summed E-state index contributed by atoms with van der Waals surface area (Å²) < 4.78 is 0. The van der Waals surface area contributed by atoms with Crippen molar-refractivity contribution in [2.45, 2.75) is 19.4 Å². The molecule has 24 heavy (non-hydrogen) atoms. The maximum atomic E-state index is 12.2. The first-order chi connectivity index (χ1) is 11.4. The van der Waals surface area contributed by atoms with Crippen LogP contribution in [0.4, 0.5) is 11.4 Å². The third kappa shape index (κ3) is 4.08. The van der Waals surface area contributed by atoms with Gasteiger partial charge in [-0.2, -0.15) is 0 Å². The van der Waals surface area contributed by atoms with Crippen LogP contribution in [-0.4, -0.2) is 22.5 Å². The number of aliphatic hydroxyl groups is 1. The molecule has 0 aromatic heterocycles. The minimum Gasteiger partial charge on any atom is -0.393 e. The van der Waals surface area contributed by atoms with Gasteiger partial charge in [-0.3, -0.25) is 14.9 Å². The Morgan fingerprint density at radius 1 is 1.33 bits per heavy atom. The van der Waals surface area contributed by atoms with Gasteiger partial charge in [0.05, 0.1) is 16.6 Å². The summed E-state index contributed by atoms with van der Waals surface area (Å²) in [6.07, 6.45) is -0.375. The zero-order chi connectivity index (χ0) is 17.7. The SMILES string of the molecule is Cc1cc(C(=O)NCCC(O)c2ccccc2)c(N)c([N+](=O)[O-])c1. The zero-order valence-corrected chi connectivity index (χ0v) is 13.2. The van der Waals surface area contributed by atoms with Crippen molar-refractivity contribution in [3.05, 3.63) is 69.3 Å². The average molecular weight is 329 g/mol. The van der Waals surface area contributed by atoms with Crippen LogP contribution in [0.1, 0.15) is 34.0 Å². The number of nitro benzene ring substituents is 1. The van der Waals surface area contributed by atoms with E-state index in [1.54, 1.807) is 19.1 Å². The standard InChI is InChI=1S/C17H19N3O4/c1-11-9-13(16(18)14(10-11)20(23)24)17(22)19-8-7-15(21)12-5-3-2-4-6-12/h2-6,9-10,15,21H,7-8,18H2,1H3,(H,19,22). The molecule has 4 N–H and O–H groups in total. The van der Waals surface area contributed by atoms with E-state index in [0.717, 1.165) is 5.56 Å². The molecule has 0 saturated carbocycles. The smallest absolute Gasteiger partial charge is 0.293 e. The van der Waals surface area contributed by atoms with Crippen molar-refractivity contribution in [1.29, 1.82) is 0 Å². The van der Waals surface area contributed by atoms with Gasteiger partial charge in [0.2, 0.25) is 0 Å². The number of carbonyl (C=O) groups excluding carboxylic acids is 1. The van der Waals surface area contributed by atoms with Crippen LogP contribution in [0.2, 0.25) is 0 Å². The maximum absolute atomic E-state index is 12.2. The number of anilines is 1. The fraction of sp³-hybridized carbons (Fsp3) is 0.235. The van der Waals surface area contributed by atoms with E-state index in [1.165, 1.54) is 12.1 Å². The number of nitrogens with one attached hydrogen (secondary N) is 1. The summed E-state index contributed by atoms with van der Waals surface area (Å²) in [6.45, 7) is 1.87. The van der Waals surface area contributed by atoms with Gasteiger partial charge in [-0.25, -0.2) is 0 Å². The number of hydrogen-bond donors (Lipinski definition) is 3. The molecule has 7 nitrogen and oxygen atoms in total. The van der Waals surface area contributed by atoms with Crippen molar-refractivity contribution in [3.63, 3.8) is 0 Å². The van der Waals surface area contributed by atoms with Crippen molar-refractivity contribution >= 4 is 17.3 Å². The Morgan fingerprint density at radius 2 is 2.00 bits per heavy atom. The van der Waals surface area contributed by atoms with Gasteiger partial charge in [0.25, 0.3) is 11.6 Å². The van der Waals surface area contributed by atoms with Crippen molar-refractivity contribution in [2.75, 3.05) is 12.3 Å². The van der Waals surface area contributed by atoms with Gasteiger partial charge in [-0.05, 0) is 30.5 Å². The van der Waals surface area contributed by atoms with E-state index in [-0.39, 0.29) is 23.5 Å². The van der Waals surface area contributed by atoms with Crippen LogP contribution < -0.4 is 11.1 Å². The summed E-state index contributed by atoms with van der Waals surface area (Å²) >= 11 is 0. The van der Waals surface area contributed by atoms with Crippen LogP contribution in [0.5, 0.6) is 0 Å². The van der Waals surface area contributed by atoms with E-state index < -0.39 is 16.9 Å². The molecule has 0 radical (unpaired) electrons. The number of amides is 1. The van der Waals surface area contributed by atoms with Crippen LogP contribution in [0.25, 0.3) is 0 Å². The number of benzene rings is 2. The third-order valence-corrected chi connectivity index (χ3v) is 3.63. The highest BCUT2D eigenvalue weighted by atomic mass is 16.6. The average Bonchev–Trinajstić information content (AvgIpc) is 2.56. The lowest BCUT2D eigenvalue weighted by molar-refractivity contribution is -0.384. The van der Waals surface area contributed by atoms with E-state index in [9.17, 15) is 20.0 Å². The van der Waals surface area contributed by atoms with Gasteiger partial charge in [-0.15, -0.1) is 0 Å². The second-order valence-electron chi connectivity index (χ2n) is 5.47. The Morgan fingerprint density at radius 3 is 2.62 bits per heavy atom. The molecule has 126 valence electrons. The minimum absolute atomic E-state index is 0.0656. The molecule has 0 aliphatic carbocycles. The molecule has 1 atom stereocenters. The highest BCUT2D eigenvalue weighted by Crippen LogP contribution is 2.27. The predicted octanol–water partition coefficient (Wildman–Crippen LogP) is 2.34. The number of nitrogens with zero attached hydrogens (tertiary/aromatic N) is 1. The van der Waals surface area contributed by atoms with Gasteiger partial charge in [0.15, 0.2) is 0 Å². The normalized spacial score (nSPS) is 11.8. The molecule has 0 saturated heterocycles. The summed E-state index contributed by atoms with van der Waals surface area (Å²) in [5, 5.41) is 23.7. The summed E-state index contributed by atoms with van der Waals surface area (Å²) in [5.41, 5.74) is 6.68. The molecule has 7 heteroatoms. The zero-order valence-electron chi connectivity index (χ0n) is 13.2. The molecule has 2 aromatic rings. The van der Waals surface area contributed by atoms with Crippen LogP contribution in [0.15, 0.2) is 42.5 Å². The lowest BCUT2D eigenvalue weighted by atomic mass is 10.1. The van der Waals surface area contributed by atoms with Gasteiger partial charge >= 0.3 is 0 Å². The van der Waals surface area contributed by atoms with Crippen LogP contribution in [0, 0.1) is 17.0 Å². The summed E-state index contributed by atoms with van der Waals surface area (Å²) in [6, 6.07) is 11.9. The van der Waals surface area contributed by atoms with Gasteiger partial charge in [0.1, 0.15) is 5.69 Å². The third-order valence-electron chi connectivity index (χ3n) is 3.63. The molecule has 0 spiro atoms. The maximum Gasteiger partial charge on any atom is 0.293 e. The number of carbonyl (C=O) groups is 1. The molecule has 1 unspecified atom stereocenters.